The van der Waals surface area contributed by atoms with Gasteiger partial charge in [-0.15, -0.1) is 0 Å². The lowest BCUT2D eigenvalue weighted by atomic mass is 10.4. The third-order valence-electron chi connectivity index (χ3n) is 1.45. The van der Waals surface area contributed by atoms with Crippen molar-refractivity contribution in [3.8, 4) is 0 Å². The van der Waals surface area contributed by atoms with E-state index < -0.39 is 6.03 Å². The topological polar surface area (TPSA) is 110 Å². The number of carboxylic acid groups (broad SMARTS) is 1. The van der Waals surface area contributed by atoms with Gasteiger partial charge in [0.2, 0.25) is 0 Å². The van der Waals surface area contributed by atoms with Crippen molar-refractivity contribution < 1.29 is 14.7 Å². The summed E-state index contributed by atoms with van der Waals surface area (Å²) >= 11 is 0. The van der Waals surface area contributed by atoms with Crippen molar-refractivity contribution in [1.82, 2.24) is 14.9 Å². The van der Waals surface area contributed by atoms with Gasteiger partial charge in [-0.2, -0.15) is 0 Å². The van der Waals surface area contributed by atoms with Gasteiger partial charge in [0.15, 0.2) is 0 Å². The fraction of sp³-hybridized carbons (Fsp3) is 0.375. The second kappa shape index (κ2) is 8.54. The third kappa shape index (κ3) is 8.28. The number of carbonyl (C=O) groups is 2. The number of primary amides is 1. The molecule has 0 aromatic carbocycles. The van der Waals surface area contributed by atoms with E-state index in [4.69, 9.17) is 15.6 Å². The fourth-order valence-electron chi connectivity index (χ4n) is 0.892. The molecular weight excluding hydrogens is 200 g/mol. The standard InChI is InChI=1S/C7H12N4O.CH2O2/c8-7(12)10-2-1-4-11-5-3-9-6-11;2-1-3/h3,5-6H,1-2,4H2,(H3,8,10,12);1H,(H,2,3). The van der Waals surface area contributed by atoms with Gasteiger partial charge in [-0.1, -0.05) is 0 Å². The number of hydrogen-bond donors (Lipinski definition) is 3. The van der Waals surface area contributed by atoms with Gasteiger partial charge in [0, 0.05) is 25.5 Å². The summed E-state index contributed by atoms with van der Waals surface area (Å²) in [6, 6.07) is -0.472. The zero-order chi connectivity index (χ0) is 11.5. The molecule has 0 spiro atoms. The van der Waals surface area contributed by atoms with Gasteiger partial charge in [-0.3, -0.25) is 4.79 Å². The zero-order valence-corrected chi connectivity index (χ0v) is 8.17. The summed E-state index contributed by atoms with van der Waals surface area (Å²) in [6.07, 6.45) is 6.20. The van der Waals surface area contributed by atoms with Crippen LogP contribution in [-0.4, -0.2) is 33.7 Å². The number of amides is 2. The highest BCUT2D eigenvalue weighted by Gasteiger charge is 1.91. The van der Waals surface area contributed by atoms with Crippen molar-refractivity contribution in [2.75, 3.05) is 6.54 Å². The van der Waals surface area contributed by atoms with E-state index in [0.717, 1.165) is 13.0 Å². The molecule has 0 unspecified atom stereocenters. The molecule has 0 fully saturated rings. The molecule has 1 aromatic rings. The lowest BCUT2D eigenvalue weighted by Gasteiger charge is -2.01. The number of rotatable bonds is 4. The molecule has 15 heavy (non-hydrogen) atoms. The SMILES string of the molecule is NC(=O)NCCCn1ccnc1.O=CO. The predicted octanol–water partition coefficient (Wildman–Crippen LogP) is -0.358. The number of aromatic nitrogens is 2. The second-order valence-corrected chi connectivity index (χ2v) is 2.55. The smallest absolute Gasteiger partial charge is 0.312 e. The Morgan fingerprint density at radius 2 is 2.33 bits per heavy atom. The van der Waals surface area contributed by atoms with Crippen LogP contribution in [0.1, 0.15) is 6.42 Å². The number of carbonyl (C=O) groups excluding carboxylic acids is 1. The van der Waals surface area contributed by atoms with Crippen LogP contribution in [0.3, 0.4) is 0 Å². The van der Waals surface area contributed by atoms with Crippen molar-refractivity contribution in [1.29, 1.82) is 0 Å². The number of imidazole rings is 1. The Bertz CT molecular complexity index is 273. The van der Waals surface area contributed by atoms with Gasteiger partial charge in [0.1, 0.15) is 0 Å². The number of hydrogen-bond acceptors (Lipinski definition) is 3. The van der Waals surface area contributed by atoms with E-state index in [1.807, 2.05) is 10.8 Å². The Morgan fingerprint density at radius 3 is 2.80 bits per heavy atom. The Labute approximate surface area is 86.9 Å². The van der Waals surface area contributed by atoms with Crippen molar-refractivity contribution in [3.63, 3.8) is 0 Å². The first-order valence-electron chi connectivity index (χ1n) is 4.27. The van der Waals surface area contributed by atoms with Crippen LogP contribution in [0, 0.1) is 0 Å². The van der Waals surface area contributed by atoms with Crippen LogP contribution in [0.4, 0.5) is 4.79 Å². The van der Waals surface area contributed by atoms with E-state index in [-0.39, 0.29) is 6.47 Å². The average molecular weight is 214 g/mol. The lowest BCUT2D eigenvalue weighted by molar-refractivity contribution is -0.122. The maximum absolute atomic E-state index is 10.3. The van der Waals surface area contributed by atoms with Crippen LogP contribution in [0.15, 0.2) is 18.7 Å². The van der Waals surface area contributed by atoms with Crippen molar-refractivity contribution >= 4 is 12.5 Å². The molecule has 7 heteroatoms. The van der Waals surface area contributed by atoms with Gasteiger partial charge in [-0.05, 0) is 6.42 Å². The molecule has 0 aliphatic rings. The third-order valence-corrected chi connectivity index (χ3v) is 1.45. The minimum absolute atomic E-state index is 0.250. The Hall–Kier alpha value is -2.05. The van der Waals surface area contributed by atoms with E-state index in [9.17, 15) is 4.79 Å². The molecule has 0 aliphatic carbocycles. The molecule has 7 nitrogen and oxygen atoms in total. The Kier molecular flexibility index (Phi) is 7.38. The highest BCUT2D eigenvalue weighted by molar-refractivity contribution is 5.71. The Morgan fingerprint density at radius 1 is 1.67 bits per heavy atom. The lowest BCUT2D eigenvalue weighted by Crippen LogP contribution is -2.30. The van der Waals surface area contributed by atoms with Gasteiger partial charge in [-0.25, -0.2) is 9.78 Å². The second-order valence-electron chi connectivity index (χ2n) is 2.55. The van der Waals surface area contributed by atoms with Crippen LogP contribution in [0.2, 0.25) is 0 Å². The minimum atomic E-state index is -0.472. The molecular formula is C8H14N4O3. The average Bonchev–Trinajstić information content (AvgIpc) is 2.66. The van der Waals surface area contributed by atoms with Gasteiger partial charge in [0.05, 0.1) is 6.33 Å². The van der Waals surface area contributed by atoms with Crippen molar-refractivity contribution in [3.05, 3.63) is 18.7 Å². The maximum atomic E-state index is 10.3. The van der Waals surface area contributed by atoms with Crippen LogP contribution >= 0.6 is 0 Å². The highest BCUT2D eigenvalue weighted by Crippen LogP contribution is 1.88. The first kappa shape index (κ1) is 12.9. The van der Waals surface area contributed by atoms with Crippen LogP contribution < -0.4 is 11.1 Å². The number of nitrogens with one attached hydrogen (secondary N) is 1. The number of urea groups is 1. The predicted molar refractivity (Wildman–Crippen MR) is 53.1 cm³/mol. The summed E-state index contributed by atoms with van der Waals surface area (Å²) in [7, 11) is 0. The molecule has 1 rings (SSSR count). The molecule has 0 bridgehead atoms. The van der Waals surface area contributed by atoms with E-state index in [2.05, 4.69) is 10.3 Å². The first-order chi connectivity index (χ1) is 7.20. The molecule has 1 aromatic heterocycles. The van der Waals surface area contributed by atoms with Crippen LogP contribution in [-0.2, 0) is 11.3 Å². The summed E-state index contributed by atoms with van der Waals surface area (Å²) < 4.78 is 1.95. The summed E-state index contributed by atoms with van der Waals surface area (Å²) in [5.74, 6) is 0. The summed E-state index contributed by atoms with van der Waals surface area (Å²) in [6.45, 7) is 1.20. The van der Waals surface area contributed by atoms with E-state index in [0.29, 0.717) is 6.54 Å². The fourth-order valence-corrected chi connectivity index (χ4v) is 0.892. The first-order valence-corrected chi connectivity index (χ1v) is 4.27. The maximum Gasteiger partial charge on any atom is 0.312 e. The van der Waals surface area contributed by atoms with Crippen LogP contribution in [0.25, 0.3) is 0 Å². The largest absolute Gasteiger partial charge is 0.483 e. The molecule has 0 radical (unpaired) electrons. The molecule has 4 N–H and O–H groups in total. The molecule has 0 aliphatic heterocycles. The quantitative estimate of drug-likeness (QED) is 0.469. The minimum Gasteiger partial charge on any atom is -0.483 e. The molecule has 84 valence electrons. The van der Waals surface area contributed by atoms with Gasteiger partial charge in [0.25, 0.3) is 6.47 Å². The Balaban J connectivity index is 0.000000583. The normalized spacial score (nSPS) is 8.53. The summed E-state index contributed by atoms with van der Waals surface area (Å²) in [5.41, 5.74) is 4.88. The van der Waals surface area contributed by atoms with E-state index in [1.165, 1.54) is 0 Å². The van der Waals surface area contributed by atoms with Crippen LogP contribution in [0.5, 0.6) is 0 Å². The van der Waals surface area contributed by atoms with Gasteiger partial charge < -0.3 is 20.7 Å². The number of nitrogens with two attached hydrogens (primary N) is 1. The number of nitrogens with zero attached hydrogens (tertiary/aromatic N) is 2. The molecule has 0 saturated heterocycles. The number of aryl methyl sites for hydroxylation is 1. The van der Waals surface area contributed by atoms with Crippen molar-refractivity contribution in [2.24, 2.45) is 5.73 Å². The zero-order valence-electron chi connectivity index (χ0n) is 8.17. The molecule has 2 amide bonds. The van der Waals surface area contributed by atoms with E-state index >= 15 is 0 Å². The highest BCUT2D eigenvalue weighted by atomic mass is 16.3. The molecule has 1 heterocycles. The summed E-state index contributed by atoms with van der Waals surface area (Å²) in [5, 5.41) is 9.40. The summed E-state index contributed by atoms with van der Waals surface area (Å²) in [4.78, 5) is 22.5. The van der Waals surface area contributed by atoms with Gasteiger partial charge >= 0.3 is 6.03 Å². The van der Waals surface area contributed by atoms with Crippen molar-refractivity contribution in [2.45, 2.75) is 13.0 Å². The monoisotopic (exact) mass is 214 g/mol. The van der Waals surface area contributed by atoms with E-state index in [1.54, 1.807) is 12.5 Å². The molecule has 0 saturated carbocycles. The molecule has 0 atom stereocenters.